The van der Waals surface area contributed by atoms with Crippen molar-refractivity contribution in [2.45, 2.75) is 105 Å². The average Bonchev–Trinajstić information content (AvgIpc) is 3.04. The van der Waals surface area contributed by atoms with Crippen LogP contribution in [0.2, 0.25) is 0 Å². The van der Waals surface area contributed by atoms with Crippen molar-refractivity contribution in [2.24, 2.45) is 17.8 Å². The van der Waals surface area contributed by atoms with Gasteiger partial charge < -0.3 is 24.3 Å². The molecule has 0 amide bonds. The van der Waals surface area contributed by atoms with Crippen LogP contribution in [0.15, 0.2) is 48.0 Å². The summed E-state index contributed by atoms with van der Waals surface area (Å²) in [5.41, 5.74) is 3.87. The van der Waals surface area contributed by atoms with E-state index in [4.69, 9.17) is 18.9 Å². The van der Waals surface area contributed by atoms with Crippen molar-refractivity contribution in [3.63, 3.8) is 0 Å². The molecule has 2 unspecified atom stereocenters. The summed E-state index contributed by atoms with van der Waals surface area (Å²) < 4.78 is 21.9. The van der Waals surface area contributed by atoms with Gasteiger partial charge in [0.1, 0.15) is 0 Å². The van der Waals surface area contributed by atoms with E-state index in [0.29, 0.717) is 0 Å². The predicted octanol–water partition coefficient (Wildman–Crippen LogP) is 9.70. The zero-order valence-electron chi connectivity index (χ0n) is 30.8. The lowest BCUT2D eigenvalue weighted by atomic mass is 9.91. The molecule has 0 heterocycles. The topological polar surface area (TPSA) is 52.2 Å². The lowest BCUT2D eigenvalue weighted by Crippen LogP contribution is -2.32. The van der Waals surface area contributed by atoms with Crippen LogP contribution in [0.3, 0.4) is 0 Å². The zero-order chi connectivity index (χ0) is 33.7. The fourth-order valence-electron chi connectivity index (χ4n) is 6.03. The van der Waals surface area contributed by atoms with Crippen LogP contribution in [-0.4, -0.2) is 53.0 Å². The van der Waals surface area contributed by atoms with E-state index in [9.17, 15) is 0 Å². The molecular weight excluding hydrogens is 572 g/mol. The minimum Gasteiger partial charge on any atom is -0.493 e. The number of rotatable bonds is 25. The van der Waals surface area contributed by atoms with Crippen molar-refractivity contribution < 1.29 is 18.9 Å². The highest BCUT2D eigenvalue weighted by Gasteiger charge is 2.11. The number of hydrogen-bond donors (Lipinski definition) is 1. The summed E-state index contributed by atoms with van der Waals surface area (Å²) in [6, 6.07) is 12.3. The van der Waals surface area contributed by atoms with E-state index < -0.39 is 0 Å². The first-order valence-corrected chi connectivity index (χ1v) is 17.7. The number of nitrogens with zero attached hydrogens (tertiary/aromatic N) is 1. The predicted molar refractivity (Wildman–Crippen MR) is 195 cm³/mol. The van der Waals surface area contributed by atoms with Gasteiger partial charge >= 0.3 is 0 Å². The molecule has 0 saturated carbocycles. The maximum absolute atomic E-state index is 5.58. The highest BCUT2D eigenvalue weighted by molar-refractivity contribution is 5.43. The van der Waals surface area contributed by atoms with Crippen LogP contribution in [0.25, 0.3) is 0 Å². The molecule has 0 spiro atoms. The Morgan fingerprint density at radius 2 is 1.22 bits per heavy atom. The van der Waals surface area contributed by atoms with Crippen LogP contribution >= 0.6 is 0 Å². The summed E-state index contributed by atoms with van der Waals surface area (Å²) in [5.74, 6) is 5.57. The van der Waals surface area contributed by atoms with E-state index in [-0.39, 0.29) is 0 Å². The Hall–Kier alpha value is -2.70. The number of benzene rings is 2. The SMILES string of the molecule is COc1ccc(CNCCN(C/C=C(\C)CCCC(C)CCCC(C)CCCC(C)C)Cc2ccc(OC)c(OC)c2)cc1OC. The molecule has 6 heteroatoms. The van der Waals surface area contributed by atoms with Gasteiger partial charge in [-0.2, -0.15) is 0 Å². The van der Waals surface area contributed by atoms with E-state index in [2.05, 4.69) is 69.1 Å². The van der Waals surface area contributed by atoms with Gasteiger partial charge in [-0.3, -0.25) is 4.90 Å². The lowest BCUT2D eigenvalue weighted by Gasteiger charge is -2.22. The summed E-state index contributed by atoms with van der Waals surface area (Å²) in [5, 5.41) is 3.62. The van der Waals surface area contributed by atoms with Crippen LogP contribution in [0.1, 0.15) is 104 Å². The van der Waals surface area contributed by atoms with Crippen LogP contribution in [0.4, 0.5) is 0 Å². The molecule has 2 aromatic carbocycles. The minimum absolute atomic E-state index is 0.751. The molecule has 0 fully saturated rings. The smallest absolute Gasteiger partial charge is 0.161 e. The van der Waals surface area contributed by atoms with Crippen molar-refractivity contribution in [1.29, 1.82) is 0 Å². The van der Waals surface area contributed by atoms with Crippen molar-refractivity contribution in [3.05, 3.63) is 59.2 Å². The monoisotopic (exact) mass is 639 g/mol. The standard InChI is InChI=1S/C40H66N2O4/c1-31(2)13-10-14-32(3)15-11-16-33(4)17-12-18-34(5)23-25-42(30-36-20-22-38(44-7)40(28-36)46-9)26-24-41-29-35-19-21-37(43-6)39(27-35)45-8/h19-23,27-28,31-33,41H,10-18,24-26,29-30H2,1-9H3/b34-23+. The van der Waals surface area contributed by atoms with Crippen molar-refractivity contribution in [1.82, 2.24) is 10.2 Å². The third kappa shape index (κ3) is 15.7. The molecule has 0 aromatic heterocycles. The van der Waals surface area contributed by atoms with E-state index >= 15 is 0 Å². The highest BCUT2D eigenvalue weighted by atomic mass is 16.5. The van der Waals surface area contributed by atoms with Gasteiger partial charge in [0.15, 0.2) is 23.0 Å². The molecule has 0 aliphatic heterocycles. The van der Waals surface area contributed by atoms with E-state index in [0.717, 1.165) is 73.5 Å². The maximum Gasteiger partial charge on any atom is 0.161 e. The molecule has 46 heavy (non-hydrogen) atoms. The Labute approximate surface area is 282 Å². The summed E-state index contributed by atoms with van der Waals surface area (Å²) >= 11 is 0. The Bertz CT molecular complexity index is 1130. The van der Waals surface area contributed by atoms with Crippen LogP contribution in [-0.2, 0) is 13.1 Å². The Morgan fingerprint density at radius 1 is 0.696 bits per heavy atom. The largest absolute Gasteiger partial charge is 0.493 e. The molecule has 1 N–H and O–H groups in total. The first-order valence-electron chi connectivity index (χ1n) is 17.7. The molecular formula is C40H66N2O4. The van der Waals surface area contributed by atoms with Gasteiger partial charge in [0, 0.05) is 32.7 Å². The summed E-state index contributed by atoms with van der Waals surface area (Å²) in [6.07, 6.45) is 14.5. The average molecular weight is 639 g/mol. The first kappa shape index (κ1) is 39.5. The fraction of sp³-hybridized carbons (Fsp3) is 0.650. The number of hydrogen-bond acceptors (Lipinski definition) is 6. The van der Waals surface area contributed by atoms with Crippen LogP contribution in [0, 0.1) is 17.8 Å². The summed E-state index contributed by atoms with van der Waals surface area (Å²) in [7, 11) is 6.71. The molecule has 2 aromatic rings. The van der Waals surface area contributed by atoms with Gasteiger partial charge in [-0.05, 0) is 72.9 Å². The fourth-order valence-corrected chi connectivity index (χ4v) is 6.03. The Balaban J connectivity index is 1.86. The third-order valence-electron chi connectivity index (χ3n) is 9.07. The summed E-state index contributed by atoms with van der Waals surface area (Å²) in [4.78, 5) is 2.50. The van der Waals surface area contributed by atoms with E-state index in [1.54, 1.807) is 28.4 Å². The van der Waals surface area contributed by atoms with Crippen molar-refractivity contribution in [3.8, 4) is 23.0 Å². The minimum atomic E-state index is 0.751. The lowest BCUT2D eigenvalue weighted by molar-refractivity contribution is 0.290. The first-order chi connectivity index (χ1) is 22.2. The van der Waals surface area contributed by atoms with Crippen molar-refractivity contribution in [2.75, 3.05) is 48.1 Å². The molecule has 260 valence electrons. The number of nitrogens with one attached hydrogen (secondary N) is 1. The number of allylic oxidation sites excluding steroid dienone is 1. The molecule has 6 nitrogen and oxygen atoms in total. The zero-order valence-corrected chi connectivity index (χ0v) is 30.8. The molecule has 0 saturated heterocycles. The molecule has 2 rings (SSSR count). The molecule has 0 radical (unpaired) electrons. The molecule has 0 bridgehead atoms. The van der Waals surface area contributed by atoms with Crippen LogP contribution < -0.4 is 24.3 Å². The molecule has 2 atom stereocenters. The second-order valence-electron chi connectivity index (χ2n) is 13.7. The quantitative estimate of drug-likeness (QED) is 0.0863. The van der Waals surface area contributed by atoms with Crippen molar-refractivity contribution >= 4 is 0 Å². The Kier molecular flexibility index (Phi) is 19.5. The normalized spacial score (nSPS) is 13.2. The van der Waals surface area contributed by atoms with Gasteiger partial charge in [0.05, 0.1) is 28.4 Å². The van der Waals surface area contributed by atoms with Gasteiger partial charge in [-0.1, -0.05) is 96.4 Å². The van der Waals surface area contributed by atoms with Gasteiger partial charge in [-0.25, -0.2) is 0 Å². The second kappa shape index (κ2) is 22.8. The maximum atomic E-state index is 5.58. The highest BCUT2D eigenvalue weighted by Crippen LogP contribution is 2.29. The number of methoxy groups -OCH3 is 4. The Morgan fingerprint density at radius 3 is 1.78 bits per heavy atom. The van der Waals surface area contributed by atoms with E-state index in [1.807, 2.05) is 18.2 Å². The van der Waals surface area contributed by atoms with Gasteiger partial charge in [0.25, 0.3) is 0 Å². The molecule has 0 aliphatic rings. The van der Waals surface area contributed by atoms with Gasteiger partial charge in [-0.15, -0.1) is 0 Å². The van der Waals surface area contributed by atoms with E-state index in [1.165, 1.54) is 74.5 Å². The molecule has 0 aliphatic carbocycles. The third-order valence-corrected chi connectivity index (χ3v) is 9.07. The number of ether oxygens (including phenoxy) is 4. The summed E-state index contributed by atoms with van der Waals surface area (Å²) in [6.45, 7) is 16.2. The van der Waals surface area contributed by atoms with Gasteiger partial charge in [0.2, 0.25) is 0 Å². The second-order valence-corrected chi connectivity index (χ2v) is 13.7. The van der Waals surface area contributed by atoms with Crippen LogP contribution in [0.5, 0.6) is 23.0 Å².